The zero-order valence-corrected chi connectivity index (χ0v) is 13.5. The maximum Gasteiger partial charge on any atom is 0.413 e. The van der Waals surface area contributed by atoms with E-state index in [-0.39, 0.29) is 11.0 Å². The van der Waals surface area contributed by atoms with Crippen molar-refractivity contribution in [1.82, 2.24) is 14.4 Å². The summed E-state index contributed by atoms with van der Waals surface area (Å²) in [6.07, 6.45) is 2.70. The molecule has 0 saturated heterocycles. The highest BCUT2D eigenvalue weighted by molar-refractivity contribution is 14.1. The molecule has 2 heterocycles. The van der Waals surface area contributed by atoms with E-state index in [1.54, 1.807) is 37.6 Å². The average molecular weight is 395 g/mol. The molecule has 102 valence electrons. The van der Waals surface area contributed by atoms with Crippen molar-refractivity contribution in [3.8, 4) is 0 Å². The number of ether oxygens (including phenoxy) is 1. The van der Waals surface area contributed by atoms with Crippen LogP contribution in [0.15, 0.2) is 12.4 Å². The summed E-state index contributed by atoms with van der Waals surface area (Å²) in [4.78, 5) is 20.0. The molecular formula is C11H12ClIN4O2. The lowest BCUT2D eigenvalue weighted by Gasteiger charge is -2.19. The molecule has 0 aromatic carbocycles. The van der Waals surface area contributed by atoms with Crippen LogP contribution in [0.2, 0.25) is 5.15 Å². The van der Waals surface area contributed by atoms with Gasteiger partial charge in [0.15, 0.2) is 11.5 Å². The van der Waals surface area contributed by atoms with Crippen LogP contribution < -0.4 is 5.32 Å². The number of carbonyl (C=O) groups excluding carboxylic acids is 1. The Hall–Kier alpha value is -1.09. The number of anilines is 1. The summed E-state index contributed by atoms with van der Waals surface area (Å²) in [7, 11) is 0. The van der Waals surface area contributed by atoms with Gasteiger partial charge in [0.05, 0.1) is 6.20 Å². The molecule has 0 saturated carbocycles. The van der Waals surface area contributed by atoms with Gasteiger partial charge in [-0.3, -0.25) is 9.72 Å². The monoisotopic (exact) mass is 394 g/mol. The Bertz CT molecular complexity index is 635. The van der Waals surface area contributed by atoms with E-state index in [0.29, 0.717) is 5.65 Å². The van der Waals surface area contributed by atoms with Gasteiger partial charge in [-0.15, -0.1) is 0 Å². The van der Waals surface area contributed by atoms with Crippen molar-refractivity contribution in [1.29, 1.82) is 0 Å². The predicted molar refractivity (Wildman–Crippen MR) is 80.6 cm³/mol. The molecule has 8 heteroatoms. The number of imidazole rings is 1. The molecule has 0 bridgehead atoms. The van der Waals surface area contributed by atoms with Gasteiger partial charge in [0, 0.05) is 6.20 Å². The minimum Gasteiger partial charge on any atom is -0.444 e. The third-order valence-electron chi connectivity index (χ3n) is 2.04. The molecule has 0 aliphatic rings. The SMILES string of the molecule is CC(C)(C)OC(=O)Nc1nc(Cl)cn2c(I)cnc12. The summed E-state index contributed by atoms with van der Waals surface area (Å²) in [6, 6.07) is 0. The van der Waals surface area contributed by atoms with Crippen LogP contribution in [0.3, 0.4) is 0 Å². The van der Waals surface area contributed by atoms with E-state index < -0.39 is 11.7 Å². The highest BCUT2D eigenvalue weighted by Gasteiger charge is 2.18. The summed E-state index contributed by atoms with van der Waals surface area (Å²) in [5.74, 6) is 0.268. The number of nitrogens with one attached hydrogen (secondary N) is 1. The first-order valence-electron chi connectivity index (χ1n) is 5.45. The first-order chi connectivity index (χ1) is 8.76. The molecule has 0 atom stereocenters. The van der Waals surface area contributed by atoms with E-state index in [2.05, 4.69) is 37.9 Å². The van der Waals surface area contributed by atoms with E-state index in [1.807, 2.05) is 0 Å². The van der Waals surface area contributed by atoms with Crippen molar-refractivity contribution < 1.29 is 9.53 Å². The molecule has 0 unspecified atom stereocenters. The fourth-order valence-corrected chi connectivity index (χ4v) is 2.10. The topological polar surface area (TPSA) is 68.5 Å². The van der Waals surface area contributed by atoms with Gasteiger partial charge in [-0.25, -0.2) is 14.8 Å². The second-order valence-corrected chi connectivity index (χ2v) is 6.31. The maximum absolute atomic E-state index is 11.7. The van der Waals surface area contributed by atoms with Crippen LogP contribution in [0.1, 0.15) is 20.8 Å². The number of hydrogen-bond acceptors (Lipinski definition) is 4. The van der Waals surface area contributed by atoms with Crippen LogP contribution in [-0.4, -0.2) is 26.1 Å². The number of hydrogen-bond donors (Lipinski definition) is 1. The molecule has 19 heavy (non-hydrogen) atoms. The van der Waals surface area contributed by atoms with Gasteiger partial charge >= 0.3 is 6.09 Å². The second-order valence-electron chi connectivity index (χ2n) is 4.81. The largest absolute Gasteiger partial charge is 0.444 e. The van der Waals surface area contributed by atoms with Gasteiger partial charge in [0.1, 0.15) is 14.5 Å². The molecule has 0 fully saturated rings. The summed E-state index contributed by atoms with van der Waals surface area (Å²) < 4.78 is 7.77. The van der Waals surface area contributed by atoms with Crippen molar-refractivity contribution in [2.45, 2.75) is 26.4 Å². The molecule has 2 aromatic heterocycles. The second kappa shape index (κ2) is 5.12. The van der Waals surface area contributed by atoms with E-state index in [9.17, 15) is 4.79 Å². The molecule has 1 amide bonds. The van der Waals surface area contributed by atoms with Gasteiger partial charge in [-0.1, -0.05) is 11.6 Å². The molecule has 0 aliphatic carbocycles. The Morgan fingerprint density at radius 1 is 1.53 bits per heavy atom. The first-order valence-corrected chi connectivity index (χ1v) is 6.91. The van der Waals surface area contributed by atoms with E-state index in [0.717, 1.165) is 3.70 Å². The van der Waals surface area contributed by atoms with E-state index in [4.69, 9.17) is 16.3 Å². The normalized spacial score (nSPS) is 11.6. The smallest absolute Gasteiger partial charge is 0.413 e. The number of amides is 1. The van der Waals surface area contributed by atoms with E-state index >= 15 is 0 Å². The van der Waals surface area contributed by atoms with Crippen molar-refractivity contribution in [3.05, 3.63) is 21.2 Å². The molecule has 0 radical (unpaired) electrons. The van der Waals surface area contributed by atoms with Crippen LogP contribution in [0.25, 0.3) is 5.65 Å². The van der Waals surface area contributed by atoms with Crippen molar-refractivity contribution >= 4 is 51.8 Å². The number of aromatic nitrogens is 3. The molecule has 2 aromatic rings. The van der Waals surface area contributed by atoms with Crippen LogP contribution >= 0.6 is 34.2 Å². The predicted octanol–water partition coefficient (Wildman–Crippen LogP) is 3.33. The summed E-state index contributed by atoms with van der Waals surface area (Å²) in [5.41, 5.74) is -0.0670. The van der Waals surface area contributed by atoms with Crippen molar-refractivity contribution in [2.24, 2.45) is 0 Å². The summed E-state index contributed by atoms with van der Waals surface area (Å²) >= 11 is 8.03. The average Bonchev–Trinajstić information content (AvgIpc) is 2.57. The van der Waals surface area contributed by atoms with Gasteiger partial charge in [0.2, 0.25) is 0 Å². The number of fused-ring (bicyclic) bond motifs is 1. The van der Waals surface area contributed by atoms with E-state index in [1.165, 1.54) is 0 Å². The third-order valence-corrected chi connectivity index (χ3v) is 3.02. The summed E-state index contributed by atoms with van der Waals surface area (Å²) in [5, 5.41) is 2.81. The highest BCUT2D eigenvalue weighted by atomic mass is 127. The Labute approximate surface area is 128 Å². The molecular weight excluding hydrogens is 383 g/mol. The van der Waals surface area contributed by atoms with Crippen LogP contribution in [0.5, 0.6) is 0 Å². The molecule has 2 rings (SSSR count). The zero-order valence-electron chi connectivity index (χ0n) is 10.6. The van der Waals surface area contributed by atoms with Gasteiger partial charge in [-0.05, 0) is 43.4 Å². The standard InChI is InChI=1S/C11H12ClIN4O2/c1-11(2,3)19-10(18)16-8-9-14-4-7(13)17(9)5-6(12)15-8/h4-5H,1-3H3,(H,15,16,18). The number of rotatable bonds is 1. The van der Waals surface area contributed by atoms with Crippen molar-refractivity contribution in [3.63, 3.8) is 0 Å². The fraction of sp³-hybridized carbons (Fsp3) is 0.364. The number of carbonyl (C=O) groups is 1. The van der Waals surface area contributed by atoms with Gasteiger partial charge < -0.3 is 4.74 Å². The zero-order chi connectivity index (χ0) is 14.2. The van der Waals surface area contributed by atoms with Crippen LogP contribution in [0.4, 0.5) is 10.6 Å². The minimum atomic E-state index is -0.595. The number of nitrogens with zero attached hydrogens (tertiary/aromatic N) is 3. The maximum atomic E-state index is 11.7. The quantitative estimate of drug-likeness (QED) is 0.753. The lowest BCUT2D eigenvalue weighted by atomic mass is 10.2. The highest BCUT2D eigenvalue weighted by Crippen LogP contribution is 2.20. The molecule has 0 aliphatic heterocycles. The van der Waals surface area contributed by atoms with Crippen LogP contribution in [0, 0.1) is 3.70 Å². The van der Waals surface area contributed by atoms with Crippen molar-refractivity contribution in [2.75, 3.05) is 5.32 Å². The molecule has 1 N–H and O–H groups in total. The minimum absolute atomic E-state index is 0.259. The van der Waals surface area contributed by atoms with Gasteiger partial charge in [0.25, 0.3) is 0 Å². The lowest BCUT2D eigenvalue weighted by Crippen LogP contribution is -2.27. The number of halogens is 2. The molecule has 6 nitrogen and oxygen atoms in total. The lowest BCUT2D eigenvalue weighted by molar-refractivity contribution is 0.0635. The third kappa shape index (κ3) is 3.47. The first kappa shape index (κ1) is 14.3. The van der Waals surface area contributed by atoms with Gasteiger partial charge in [-0.2, -0.15) is 0 Å². The molecule has 0 spiro atoms. The Morgan fingerprint density at radius 3 is 2.84 bits per heavy atom. The summed E-state index contributed by atoms with van der Waals surface area (Å²) in [6.45, 7) is 5.35. The van der Waals surface area contributed by atoms with Crippen LogP contribution in [-0.2, 0) is 4.74 Å². The Balaban J connectivity index is 2.33. The Kier molecular flexibility index (Phi) is 3.86. The Morgan fingerprint density at radius 2 is 2.21 bits per heavy atom. The fourth-order valence-electron chi connectivity index (χ4n) is 1.41.